The Kier molecular flexibility index (Phi) is 6.04. The average molecular weight is 428 g/mol. The quantitative estimate of drug-likeness (QED) is 0.729. The van der Waals surface area contributed by atoms with Gasteiger partial charge in [-0.05, 0) is 38.1 Å². The summed E-state index contributed by atoms with van der Waals surface area (Å²) < 4.78 is 27.5. The topological polar surface area (TPSA) is 75.3 Å². The lowest BCUT2D eigenvalue weighted by atomic mass is 10.2. The van der Waals surface area contributed by atoms with Gasteiger partial charge in [0.25, 0.3) is 15.9 Å². The first-order chi connectivity index (χ1) is 11.1. The number of sulfonamides is 1. The highest BCUT2D eigenvalue weighted by atomic mass is 35.5. The molecular formula is C14H13Cl3N2O3S2. The van der Waals surface area contributed by atoms with E-state index in [0.29, 0.717) is 0 Å². The molecule has 1 heterocycles. The smallest absolute Gasteiger partial charge is 0.264 e. The maximum absolute atomic E-state index is 12.4. The second-order valence-corrected chi connectivity index (χ2v) is 9.46. The van der Waals surface area contributed by atoms with E-state index in [1.165, 1.54) is 24.3 Å². The van der Waals surface area contributed by atoms with Gasteiger partial charge < -0.3 is 5.32 Å². The fraction of sp³-hybridized carbons (Fsp3) is 0.214. The molecule has 0 radical (unpaired) electrons. The summed E-state index contributed by atoms with van der Waals surface area (Å²) in [5.41, 5.74) is 0.353. The van der Waals surface area contributed by atoms with Crippen molar-refractivity contribution in [2.45, 2.75) is 24.8 Å². The molecule has 0 spiro atoms. The van der Waals surface area contributed by atoms with E-state index < -0.39 is 10.0 Å². The first-order valence-corrected chi connectivity index (χ1v) is 10.1. The van der Waals surface area contributed by atoms with Crippen molar-refractivity contribution in [1.29, 1.82) is 0 Å². The molecule has 2 rings (SSSR count). The minimum atomic E-state index is -3.98. The van der Waals surface area contributed by atoms with Gasteiger partial charge in [-0.25, -0.2) is 8.42 Å². The third-order valence-corrected chi connectivity index (χ3v) is 6.26. The predicted octanol–water partition coefficient (Wildman–Crippen LogP) is 4.65. The number of benzene rings is 1. The zero-order chi connectivity index (χ0) is 18.1. The Morgan fingerprint density at radius 2 is 1.83 bits per heavy atom. The first-order valence-electron chi connectivity index (χ1n) is 6.68. The molecule has 0 fully saturated rings. The summed E-state index contributed by atoms with van der Waals surface area (Å²) in [4.78, 5) is 11.9. The molecule has 0 atom stereocenters. The standard InChI is InChI=1S/C14H13Cl3N2O3S2/c1-7(2)18-14(20)8-3-4-9(15)10(5-8)19-24(21,22)11-6-12(16)23-13(11)17/h3-7,19H,1-2H3,(H,18,20). The number of amides is 1. The van der Waals surface area contributed by atoms with E-state index in [4.69, 9.17) is 34.8 Å². The number of halogens is 3. The minimum Gasteiger partial charge on any atom is -0.350 e. The summed E-state index contributed by atoms with van der Waals surface area (Å²) in [6.07, 6.45) is 0. The summed E-state index contributed by atoms with van der Waals surface area (Å²) in [6, 6.07) is 5.50. The molecule has 5 nitrogen and oxygen atoms in total. The van der Waals surface area contributed by atoms with Crippen molar-refractivity contribution in [3.05, 3.63) is 43.5 Å². The third kappa shape index (κ3) is 4.55. The van der Waals surface area contributed by atoms with Crippen LogP contribution in [0.2, 0.25) is 13.7 Å². The van der Waals surface area contributed by atoms with Crippen molar-refractivity contribution in [2.75, 3.05) is 4.72 Å². The maximum atomic E-state index is 12.4. The Balaban J connectivity index is 2.35. The number of carbonyl (C=O) groups is 1. The lowest BCUT2D eigenvalue weighted by molar-refractivity contribution is 0.0943. The van der Waals surface area contributed by atoms with Gasteiger partial charge in [-0.2, -0.15) is 0 Å². The van der Waals surface area contributed by atoms with Gasteiger partial charge in [-0.1, -0.05) is 34.8 Å². The zero-order valence-corrected chi connectivity index (χ0v) is 16.5. The van der Waals surface area contributed by atoms with Crippen LogP contribution in [-0.4, -0.2) is 20.4 Å². The van der Waals surface area contributed by atoms with E-state index in [2.05, 4.69) is 10.0 Å². The molecule has 0 saturated carbocycles. The summed E-state index contributed by atoms with van der Waals surface area (Å²) >= 11 is 18.6. The Labute approximate surface area is 159 Å². The van der Waals surface area contributed by atoms with Crippen molar-refractivity contribution in [3.8, 4) is 0 Å². The van der Waals surface area contributed by atoms with E-state index >= 15 is 0 Å². The van der Waals surface area contributed by atoms with Crippen molar-refractivity contribution in [2.24, 2.45) is 0 Å². The van der Waals surface area contributed by atoms with Crippen LogP contribution in [0.4, 0.5) is 5.69 Å². The van der Waals surface area contributed by atoms with Gasteiger partial charge in [0.15, 0.2) is 0 Å². The van der Waals surface area contributed by atoms with Gasteiger partial charge in [-0.3, -0.25) is 9.52 Å². The van der Waals surface area contributed by atoms with Crippen LogP contribution in [0.15, 0.2) is 29.2 Å². The van der Waals surface area contributed by atoms with Crippen LogP contribution < -0.4 is 10.0 Å². The monoisotopic (exact) mass is 426 g/mol. The Morgan fingerprint density at radius 3 is 2.38 bits per heavy atom. The molecule has 0 saturated heterocycles. The highest BCUT2D eigenvalue weighted by Gasteiger charge is 2.22. The molecule has 2 N–H and O–H groups in total. The lowest BCUT2D eigenvalue weighted by Crippen LogP contribution is -2.30. The number of hydrogen-bond acceptors (Lipinski definition) is 4. The van der Waals surface area contributed by atoms with E-state index in [-0.39, 0.29) is 41.8 Å². The molecule has 2 aromatic rings. The summed E-state index contributed by atoms with van der Waals surface area (Å²) in [5, 5.41) is 2.87. The molecule has 130 valence electrons. The van der Waals surface area contributed by atoms with Crippen molar-refractivity contribution in [3.63, 3.8) is 0 Å². The average Bonchev–Trinajstić information content (AvgIpc) is 2.80. The van der Waals surface area contributed by atoms with Gasteiger partial charge in [0.1, 0.15) is 9.23 Å². The summed E-state index contributed by atoms with van der Waals surface area (Å²) in [6.45, 7) is 3.64. The van der Waals surface area contributed by atoms with Crippen LogP contribution in [0, 0.1) is 0 Å². The molecule has 0 aliphatic carbocycles. The molecule has 0 aliphatic rings. The number of hydrogen-bond donors (Lipinski definition) is 2. The molecule has 24 heavy (non-hydrogen) atoms. The number of anilines is 1. The van der Waals surface area contributed by atoms with E-state index in [1.807, 2.05) is 13.8 Å². The van der Waals surface area contributed by atoms with Gasteiger partial charge in [0.2, 0.25) is 0 Å². The number of nitrogens with one attached hydrogen (secondary N) is 2. The van der Waals surface area contributed by atoms with E-state index in [0.717, 1.165) is 11.3 Å². The maximum Gasteiger partial charge on any atom is 0.264 e. The minimum absolute atomic E-state index is 0.0392. The second kappa shape index (κ2) is 7.49. The number of thiophene rings is 1. The van der Waals surface area contributed by atoms with Crippen molar-refractivity contribution in [1.82, 2.24) is 5.32 Å². The summed E-state index contributed by atoms with van der Waals surface area (Å²) in [7, 11) is -3.98. The van der Waals surface area contributed by atoms with Crippen LogP contribution in [0.25, 0.3) is 0 Å². The highest BCUT2D eigenvalue weighted by molar-refractivity contribution is 7.93. The largest absolute Gasteiger partial charge is 0.350 e. The van der Waals surface area contributed by atoms with Crippen molar-refractivity contribution < 1.29 is 13.2 Å². The normalized spacial score (nSPS) is 11.6. The second-order valence-electron chi connectivity index (χ2n) is 5.12. The van der Waals surface area contributed by atoms with E-state index in [1.54, 1.807) is 0 Å². The predicted molar refractivity (Wildman–Crippen MR) is 99.2 cm³/mol. The lowest BCUT2D eigenvalue weighted by Gasteiger charge is -2.12. The fourth-order valence-electron chi connectivity index (χ4n) is 1.80. The molecule has 1 amide bonds. The molecule has 1 aromatic carbocycles. The Morgan fingerprint density at radius 1 is 1.17 bits per heavy atom. The van der Waals surface area contributed by atoms with Crippen LogP contribution in [0.1, 0.15) is 24.2 Å². The molecule has 1 aromatic heterocycles. The van der Waals surface area contributed by atoms with Crippen LogP contribution in [-0.2, 0) is 10.0 Å². The van der Waals surface area contributed by atoms with Gasteiger partial charge in [0.05, 0.1) is 15.0 Å². The first kappa shape index (κ1) is 19.3. The number of rotatable bonds is 5. The number of carbonyl (C=O) groups excluding carboxylic acids is 1. The van der Waals surface area contributed by atoms with Crippen LogP contribution in [0.3, 0.4) is 0 Å². The molecule has 10 heteroatoms. The Bertz CT molecular complexity index is 879. The SMILES string of the molecule is CC(C)NC(=O)c1ccc(Cl)c(NS(=O)(=O)c2cc(Cl)sc2Cl)c1. The Hall–Kier alpha value is -0.990. The highest BCUT2D eigenvalue weighted by Crippen LogP contribution is 2.36. The van der Waals surface area contributed by atoms with Crippen LogP contribution in [0.5, 0.6) is 0 Å². The van der Waals surface area contributed by atoms with Crippen molar-refractivity contribution >= 4 is 67.8 Å². The van der Waals surface area contributed by atoms with Gasteiger partial charge >= 0.3 is 0 Å². The third-order valence-electron chi connectivity index (χ3n) is 2.81. The molecule has 0 unspecified atom stereocenters. The fourth-order valence-corrected chi connectivity index (χ4v) is 5.24. The van der Waals surface area contributed by atoms with Crippen LogP contribution >= 0.6 is 46.1 Å². The van der Waals surface area contributed by atoms with Gasteiger partial charge in [0, 0.05) is 11.6 Å². The molecule has 0 bridgehead atoms. The molecule has 0 aliphatic heterocycles. The van der Waals surface area contributed by atoms with E-state index in [9.17, 15) is 13.2 Å². The zero-order valence-electron chi connectivity index (χ0n) is 12.6. The molecular weight excluding hydrogens is 415 g/mol. The summed E-state index contributed by atoms with van der Waals surface area (Å²) in [5.74, 6) is -0.335. The van der Waals surface area contributed by atoms with Gasteiger partial charge in [-0.15, -0.1) is 11.3 Å².